The summed E-state index contributed by atoms with van der Waals surface area (Å²) in [6, 6.07) is 8.65. The number of pyridine rings is 1. The van der Waals surface area contributed by atoms with E-state index < -0.39 is 11.9 Å². The van der Waals surface area contributed by atoms with Gasteiger partial charge < -0.3 is 14.7 Å². The van der Waals surface area contributed by atoms with Crippen LogP contribution in [0.4, 0.5) is 30.6 Å². The summed E-state index contributed by atoms with van der Waals surface area (Å²) in [6.45, 7) is 3.82. The number of anilines is 3. The van der Waals surface area contributed by atoms with Crippen LogP contribution in [0.2, 0.25) is 5.02 Å². The second-order valence-corrected chi connectivity index (χ2v) is 8.51. The molecule has 0 aliphatic carbocycles. The Morgan fingerprint density at radius 2 is 1.53 bits per heavy atom. The van der Waals surface area contributed by atoms with Gasteiger partial charge in [0.15, 0.2) is 5.69 Å². The van der Waals surface area contributed by atoms with Gasteiger partial charge in [-0.1, -0.05) is 11.6 Å². The number of alkyl halides is 3. The first kappa shape index (κ1) is 21.1. The van der Waals surface area contributed by atoms with E-state index in [0.717, 1.165) is 35.5 Å². The highest BCUT2D eigenvalue weighted by atomic mass is 35.5. The van der Waals surface area contributed by atoms with Gasteiger partial charge in [0, 0.05) is 67.6 Å². The molecule has 0 spiro atoms. The van der Waals surface area contributed by atoms with Gasteiger partial charge in [-0.2, -0.15) is 18.2 Å². The normalized spacial score (nSPS) is 17.4. The first-order chi connectivity index (χ1) is 15.4. The molecule has 10 heteroatoms. The van der Waals surface area contributed by atoms with Gasteiger partial charge in [0.25, 0.3) is 0 Å². The Kier molecular flexibility index (Phi) is 5.44. The zero-order valence-corrected chi connectivity index (χ0v) is 18.1. The quantitative estimate of drug-likeness (QED) is 0.566. The molecule has 4 heterocycles. The topological polar surface area (TPSA) is 48.4 Å². The van der Waals surface area contributed by atoms with Crippen molar-refractivity contribution in [3.05, 3.63) is 47.2 Å². The molecule has 5 rings (SSSR count). The van der Waals surface area contributed by atoms with E-state index in [9.17, 15) is 13.2 Å². The molecule has 168 valence electrons. The highest BCUT2D eigenvalue weighted by molar-refractivity contribution is 6.31. The van der Waals surface area contributed by atoms with Gasteiger partial charge in [0.1, 0.15) is 5.82 Å². The maximum absolute atomic E-state index is 13.5. The fourth-order valence-corrected chi connectivity index (χ4v) is 4.51. The predicted molar refractivity (Wildman–Crippen MR) is 120 cm³/mol. The van der Waals surface area contributed by atoms with E-state index in [1.807, 2.05) is 34.1 Å². The first-order valence-electron chi connectivity index (χ1n) is 10.6. The van der Waals surface area contributed by atoms with Crippen LogP contribution in [0.15, 0.2) is 36.5 Å². The number of hydrogen-bond donors (Lipinski definition) is 0. The summed E-state index contributed by atoms with van der Waals surface area (Å²) in [5, 5.41) is 1.63. The Labute approximate surface area is 188 Å². The lowest BCUT2D eigenvalue weighted by Crippen LogP contribution is -2.47. The molecule has 2 aromatic heterocycles. The van der Waals surface area contributed by atoms with Crippen LogP contribution in [-0.4, -0.2) is 54.2 Å². The molecule has 0 N–H and O–H groups in total. The minimum absolute atomic E-state index is 0.173. The van der Waals surface area contributed by atoms with E-state index in [1.54, 1.807) is 6.20 Å². The summed E-state index contributed by atoms with van der Waals surface area (Å²) < 4.78 is 40.5. The second-order valence-electron chi connectivity index (χ2n) is 8.07. The van der Waals surface area contributed by atoms with Crippen LogP contribution in [0.1, 0.15) is 18.5 Å². The lowest BCUT2D eigenvalue weighted by atomic mass is 10.1. The monoisotopic (exact) mass is 462 g/mol. The number of aromatic nitrogens is 3. The molecule has 0 atom stereocenters. The smallest absolute Gasteiger partial charge is 0.367 e. The van der Waals surface area contributed by atoms with Crippen LogP contribution < -0.4 is 14.7 Å². The van der Waals surface area contributed by atoms with Crippen molar-refractivity contribution in [2.75, 3.05) is 54.0 Å². The molecule has 0 unspecified atom stereocenters. The van der Waals surface area contributed by atoms with E-state index in [1.165, 1.54) is 0 Å². The summed E-state index contributed by atoms with van der Waals surface area (Å²) in [4.78, 5) is 18.7. The van der Waals surface area contributed by atoms with E-state index in [2.05, 4.69) is 19.9 Å². The molecule has 0 amide bonds. The third-order valence-electron chi connectivity index (χ3n) is 6.01. The Morgan fingerprint density at radius 3 is 2.25 bits per heavy atom. The van der Waals surface area contributed by atoms with Gasteiger partial charge in [-0.25, -0.2) is 4.98 Å². The number of piperazine rings is 1. The van der Waals surface area contributed by atoms with Crippen LogP contribution in [0.5, 0.6) is 0 Å². The molecule has 6 nitrogen and oxygen atoms in total. The molecule has 2 fully saturated rings. The van der Waals surface area contributed by atoms with Crippen LogP contribution in [0.3, 0.4) is 0 Å². The fourth-order valence-electron chi connectivity index (χ4n) is 4.35. The van der Waals surface area contributed by atoms with Crippen LogP contribution in [-0.2, 0) is 6.18 Å². The summed E-state index contributed by atoms with van der Waals surface area (Å²) >= 11 is 6.09. The number of fused-ring (bicyclic) bond motifs is 1. The second kappa shape index (κ2) is 8.27. The molecule has 2 saturated heterocycles. The van der Waals surface area contributed by atoms with Crippen molar-refractivity contribution >= 4 is 40.0 Å². The molecule has 32 heavy (non-hydrogen) atoms. The Hall–Kier alpha value is -2.81. The molecule has 0 radical (unpaired) electrons. The highest BCUT2D eigenvalue weighted by Gasteiger charge is 2.35. The highest BCUT2D eigenvalue weighted by Crippen LogP contribution is 2.33. The van der Waals surface area contributed by atoms with Gasteiger partial charge in [-0.05, 0) is 37.1 Å². The number of rotatable bonds is 3. The molecule has 3 aromatic rings. The van der Waals surface area contributed by atoms with E-state index in [4.69, 9.17) is 11.6 Å². The lowest BCUT2D eigenvalue weighted by Gasteiger charge is -2.37. The summed E-state index contributed by atoms with van der Waals surface area (Å²) in [5.41, 5.74) is 0.977. The average Bonchev–Trinajstić information content (AvgIpc) is 3.33. The minimum Gasteiger partial charge on any atom is -0.367 e. The first-order valence-corrected chi connectivity index (χ1v) is 11.0. The zero-order valence-electron chi connectivity index (χ0n) is 17.3. The average molecular weight is 463 g/mol. The van der Waals surface area contributed by atoms with Crippen molar-refractivity contribution in [3.63, 3.8) is 0 Å². The number of hydrogen-bond acceptors (Lipinski definition) is 6. The molecule has 0 saturated carbocycles. The van der Waals surface area contributed by atoms with Crippen LogP contribution >= 0.6 is 11.6 Å². The number of benzene rings is 1. The summed E-state index contributed by atoms with van der Waals surface area (Å²) in [7, 11) is 0. The van der Waals surface area contributed by atoms with Gasteiger partial charge in [-0.3, -0.25) is 4.98 Å². The lowest BCUT2D eigenvalue weighted by molar-refractivity contribution is -0.141. The van der Waals surface area contributed by atoms with Gasteiger partial charge in [0.2, 0.25) is 5.95 Å². The Bertz CT molecular complexity index is 1120. The van der Waals surface area contributed by atoms with Crippen molar-refractivity contribution in [2.45, 2.75) is 19.0 Å². The van der Waals surface area contributed by atoms with Gasteiger partial charge in [-0.15, -0.1) is 0 Å². The van der Waals surface area contributed by atoms with Crippen molar-refractivity contribution in [1.82, 2.24) is 15.0 Å². The van der Waals surface area contributed by atoms with Gasteiger partial charge in [0.05, 0.1) is 5.52 Å². The summed E-state index contributed by atoms with van der Waals surface area (Å²) in [6.07, 6.45) is -0.870. The standard InChI is InChI=1S/C22H22ClF3N6/c23-15-3-4-16-17(13-15)27-6-5-18(16)30-9-11-31(12-10-30)20-14-19(22(24,25)26)28-21(29-20)32-7-1-2-8-32/h3-6,13-14H,1-2,7-12H2. The molecular formula is C22H22ClF3N6. The van der Waals surface area contributed by atoms with E-state index >= 15 is 0 Å². The third-order valence-corrected chi connectivity index (χ3v) is 6.24. The molecule has 2 aliphatic rings. The minimum atomic E-state index is -4.51. The number of halogens is 4. The molecular weight excluding hydrogens is 441 g/mol. The van der Waals surface area contributed by atoms with Crippen molar-refractivity contribution in [3.8, 4) is 0 Å². The largest absolute Gasteiger partial charge is 0.433 e. The number of nitrogens with zero attached hydrogens (tertiary/aromatic N) is 6. The van der Waals surface area contributed by atoms with E-state index in [-0.39, 0.29) is 5.95 Å². The zero-order chi connectivity index (χ0) is 22.3. The molecule has 0 bridgehead atoms. The van der Waals surface area contributed by atoms with Crippen molar-refractivity contribution < 1.29 is 13.2 Å². The summed E-state index contributed by atoms with van der Waals surface area (Å²) in [5.74, 6) is 0.506. The van der Waals surface area contributed by atoms with Crippen LogP contribution in [0.25, 0.3) is 10.9 Å². The Balaban J connectivity index is 1.39. The van der Waals surface area contributed by atoms with E-state index in [0.29, 0.717) is 50.1 Å². The molecule has 1 aromatic carbocycles. The SMILES string of the molecule is FC(F)(F)c1cc(N2CCN(c3ccnc4cc(Cl)ccc34)CC2)nc(N2CCCC2)n1. The van der Waals surface area contributed by atoms with Crippen molar-refractivity contribution in [1.29, 1.82) is 0 Å². The van der Waals surface area contributed by atoms with Gasteiger partial charge >= 0.3 is 6.18 Å². The van der Waals surface area contributed by atoms with Crippen molar-refractivity contribution in [2.24, 2.45) is 0 Å². The molecule has 2 aliphatic heterocycles. The Morgan fingerprint density at radius 1 is 0.812 bits per heavy atom. The third kappa shape index (κ3) is 4.13. The van der Waals surface area contributed by atoms with Crippen LogP contribution in [0, 0.1) is 0 Å². The maximum Gasteiger partial charge on any atom is 0.433 e. The maximum atomic E-state index is 13.5. The predicted octanol–water partition coefficient (Wildman–Crippen LogP) is 4.62. The fraction of sp³-hybridized carbons (Fsp3) is 0.409.